The van der Waals surface area contributed by atoms with E-state index >= 15 is 0 Å². The molecule has 0 saturated heterocycles. The second-order valence-electron chi connectivity index (χ2n) is 6.27. The fourth-order valence-corrected chi connectivity index (χ4v) is 2.37. The van der Waals surface area contributed by atoms with Gasteiger partial charge in [0.25, 0.3) is 0 Å². The Morgan fingerprint density at radius 2 is 1.83 bits per heavy atom. The average molecular weight is 311 g/mol. The SMILES string of the molecule is CC(C)(C)OC(=O)Nc1cc2c(ccc3ccccc32)oc1=O. The Balaban J connectivity index is 2.07. The van der Waals surface area contributed by atoms with Crippen molar-refractivity contribution in [3.8, 4) is 0 Å². The summed E-state index contributed by atoms with van der Waals surface area (Å²) in [5, 5.41) is 5.18. The maximum absolute atomic E-state index is 12.0. The number of hydrogen-bond acceptors (Lipinski definition) is 4. The van der Waals surface area contributed by atoms with Gasteiger partial charge >= 0.3 is 11.7 Å². The van der Waals surface area contributed by atoms with Crippen molar-refractivity contribution in [2.24, 2.45) is 0 Å². The Morgan fingerprint density at radius 3 is 2.57 bits per heavy atom. The Hall–Kier alpha value is -2.82. The van der Waals surface area contributed by atoms with Crippen molar-refractivity contribution in [3.05, 3.63) is 52.9 Å². The van der Waals surface area contributed by atoms with E-state index in [0.717, 1.165) is 16.2 Å². The quantitative estimate of drug-likeness (QED) is 0.537. The third-order valence-electron chi connectivity index (χ3n) is 3.28. The first-order valence-electron chi connectivity index (χ1n) is 7.29. The fourth-order valence-electron chi connectivity index (χ4n) is 2.37. The second-order valence-corrected chi connectivity index (χ2v) is 6.27. The molecule has 23 heavy (non-hydrogen) atoms. The Kier molecular flexibility index (Phi) is 3.56. The van der Waals surface area contributed by atoms with Crippen molar-refractivity contribution in [1.29, 1.82) is 0 Å². The fraction of sp³-hybridized carbons (Fsp3) is 0.222. The molecule has 1 N–H and O–H groups in total. The van der Waals surface area contributed by atoms with Crippen molar-refractivity contribution < 1.29 is 13.9 Å². The molecule has 2 aromatic carbocycles. The summed E-state index contributed by atoms with van der Waals surface area (Å²) in [6, 6.07) is 13.0. The minimum Gasteiger partial charge on any atom is -0.444 e. The van der Waals surface area contributed by atoms with Gasteiger partial charge in [-0.05, 0) is 43.7 Å². The summed E-state index contributed by atoms with van der Waals surface area (Å²) >= 11 is 0. The number of nitrogens with one attached hydrogen (secondary N) is 1. The predicted molar refractivity (Wildman–Crippen MR) is 89.8 cm³/mol. The van der Waals surface area contributed by atoms with Crippen molar-refractivity contribution in [1.82, 2.24) is 0 Å². The molecule has 3 rings (SSSR count). The summed E-state index contributed by atoms with van der Waals surface area (Å²) in [6.07, 6.45) is -0.690. The van der Waals surface area contributed by atoms with Crippen LogP contribution in [0.5, 0.6) is 0 Å². The normalized spacial score (nSPS) is 11.6. The van der Waals surface area contributed by atoms with Crippen molar-refractivity contribution in [2.45, 2.75) is 26.4 Å². The number of fused-ring (bicyclic) bond motifs is 3. The summed E-state index contributed by atoms with van der Waals surface area (Å²) in [5.41, 5.74) is -0.724. The number of carbonyl (C=O) groups is 1. The zero-order valence-electron chi connectivity index (χ0n) is 13.2. The molecule has 0 fully saturated rings. The number of anilines is 1. The van der Waals surface area contributed by atoms with Gasteiger partial charge in [-0.1, -0.05) is 30.3 Å². The number of carbonyl (C=O) groups excluding carboxylic acids is 1. The van der Waals surface area contributed by atoms with Gasteiger partial charge in [0.05, 0.1) is 0 Å². The van der Waals surface area contributed by atoms with E-state index < -0.39 is 17.3 Å². The molecule has 0 saturated carbocycles. The van der Waals surface area contributed by atoms with Crippen LogP contribution in [-0.2, 0) is 4.74 Å². The maximum atomic E-state index is 12.0. The van der Waals surface area contributed by atoms with E-state index in [-0.39, 0.29) is 5.69 Å². The van der Waals surface area contributed by atoms with Gasteiger partial charge in [-0.25, -0.2) is 9.59 Å². The van der Waals surface area contributed by atoms with Crippen LogP contribution in [-0.4, -0.2) is 11.7 Å². The third kappa shape index (κ3) is 3.18. The first kappa shape index (κ1) is 15.1. The maximum Gasteiger partial charge on any atom is 0.412 e. The first-order valence-corrected chi connectivity index (χ1v) is 7.29. The zero-order valence-corrected chi connectivity index (χ0v) is 13.2. The van der Waals surface area contributed by atoms with E-state index in [1.807, 2.05) is 30.3 Å². The van der Waals surface area contributed by atoms with Crippen LogP contribution in [0, 0.1) is 0 Å². The van der Waals surface area contributed by atoms with Gasteiger partial charge in [-0.15, -0.1) is 0 Å². The highest BCUT2D eigenvalue weighted by Crippen LogP contribution is 2.26. The molecule has 0 radical (unpaired) electrons. The molecule has 1 amide bonds. The molecule has 0 atom stereocenters. The third-order valence-corrected chi connectivity index (χ3v) is 3.28. The van der Waals surface area contributed by atoms with E-state index in [1.165, 1.54) is 0 Å². The van der Waals surface area contributed by atoms with Gasteiger partial charge < -0.3 is 9.15 Å². The molecule has 0 aliphatic heterocycles. The molecule has 0 bridgehead atoms. The lowest BCUT2D eigenvalue weighted by Gasteiger charge is -2.19. The van der Waals surface area contributed by atoms with Crippen molar-refractivity contribution in [3.63, 3.8) is 0 Å². The van der Waals surface area contributed by atoms with Crippen LogP contribution < -0.4 is 10.9 Å². The highest BCUT2D eigenvalue weighted by molar-refractivity contribution is 6.06. The largest absolute Gasteiger partial charge is 0.444 e. The molecule has 1 heterocycles. The van der Waals surface area contributed by atoms with Crippen LogP contribution in [0.25, 0.3) is 21.7 Å². The van der Waals surface area contributed by atoms with Crippen LogP contribution in [0.4, 0.5) is 10.5 Å². The molecule has 5 heteroatoms. The molecular formula is C18H17NO4. The number of hydrogen-bond donors (Lipinski definition) is 1. The number of benzene rings is 2. The number of amides is 1. The van der Waals surface area contributed by atoms with Gasteiger partial charge in [0.1, 0.15) is 16.9 Å². The smallest absolute Gasteiger partial charge is 0.412 e. The van der Waals surface area contributed by atoms with Gasteiger partial charge in [0.15, 0.2) is 0 Å². The van der Waals surface area contributed by atoms with E-state index in [0.29, 0.717) is 5.58 Å². The number of rotatable bonds is 1. The monoisotopic (exact) mass is 311 g/mol. The Morgan fingerprint density at radius 1 is 1.09 bits per heavy atom. The summed E-state index contributed by atoms with van der Waals surface area (Å²) in [6.45, 7) is 5.26. The molecule has 5 nitrogen and oxygen atoms in total. The highest BCUT2D eigenvalue weighted by atomic mass is 16.6. The molecule has 0 aliphatic rings. The van der Waals surface area contributed by atoms with Crippen LogP contribution in [0.2, 0.25) is 0 Å². The minimum absolute atomic E-state index is 0.0584. The second kappa shape index (κ2) is 5.43. The summed E-state index contributed by atoms with van der Waals surface area (Å²) in [4.78, 5) is 23.9. The lowest BCUT2D eigenvalue weighted by Crippen LogP contribution is -2.28. The molecular weight excluding hydrogens is 294 g/mol. The lowest BCUT2D eigenvalue weighted by molar-refractivity contribution is 0.0635. The van der Waals surface area contributed by atoms with Gasteiger partial charge in [0, 0.05) is 5.39 Å². The summed E-state index contributed by atoms with van der Waals surface area (Å²) in [5.74, 6) is 0. The topological polar surface area (TPSA) is 68.5 Å². The molecule has 0 unspecified atom stereocenters. The summed E-state index contributed by atoms with van der Waals surface area (Å²) in [7, 11) is 0. The van der Waals surface area contributed by atoms with Gasteiger partial charge in [-0.2, -0.15) is 0 Å². The van der Waals surface area contributed by atoms with E-state index in [9.17, 15) is 9.59 Å². The van der Waals surface area contributed by atoms with Gasteiger partial charge in [-0.3, -0.25) is 5.32 Å². The van der Waals surface area contributed by atoms with E-state index in [2.05, 4.69) is 5.32 Å². The Bertz CT molecular complexity index is 951. The van der Waals surface area contributed by atoms with Crippen LogP contribution >= 0.6 is 0 Å². The zero-order chi connectivity index (χ0) is 16.6. The summed E-state index contributed by atoms with van der Waals surface area (Å²) < 4.78 is 10.5. The predicted octanol–water partition coefficient (Wildman–Crippen LogP) is 4.29. The molecule has 1 aromatic heterocycles. The number of ether oxygens (including phenoxy) is 1. The highest BCUT2D eigenvalue weighted by Gasteiger charge is 2.18. The Labute approximate surface area is 132 Å². The molecule has 0 spiro atoms. The molecule has 118 valence electrons. The van der Waals surface area contributed by atoms with Gasteiger partial charge in [0.2, 0.25) is 0 Å². The minimum atomic E-state index is -0.690. The van der Waals surface area contributed by atoms with Crippen LogP contribution in [0.15, 0.2) is 51.7 Å². The first-order chi connectivity index (χ1) is 10.8. The van der Waals surface area contributed by atoms with Crippen molar-refractivity contribution >= 4 is 33.5 Å². The van der Waals surface area contributed by atoms with Crippen molar-refractivity contribution in [2.75, 3.05) is 5.32 Å². The average Bonchev–Trinajstić information content (AvgIpc) is 2.46. The van der Waals surface area contributed by atoms with E-state index in [4.69, 9.17) is 9.15 Å². The van der Waals surface area contributed by atoms with Crippen LogP contribution in [0.1, 0.15) is 20.8 Å². The molecule has 0 aliphatic carbocycles. The van der Waals surface area contributed by atoms with Crippen LogP contribution in [0.3, 0.4) is 0 Å². The van der Waals surface area contributed by atoms with E-state index in [1.54, 1.807) is 32.9 Å². The standard InChI is InChI=1S/C18H17NO4/c1-18(2,3)23-17(21)19-14-10-13-12-7-5-4-6-11(12)8-9-15(13)22-16(14)20/h4-10H,1-3H3,(H,19,21). The molecule has 3 aromatic rings. The lowest BCUT2D eigenvalue weighted by atomic mass is 10.1.